The minimum Gasteiger partial charge on any atom is -0.508 e. The molecule has 2 aliphatic rings. The van der Waals surface area contributed by atoms with E-state index in [1.807, 2.05) is 27.7 Å². The van der Waals surface area contributed by atoms with Gasteiger partial charge in [0.2, 0.25) is 47.3 Å². The van der Waals surface area contributed by atoms with Crippen LogP contribution in [0.25, 0.3) is 0 Å². The van der Waals surface area contributed by atoms with Crippen LogP contribution >= 0.6 is 0 Å². The van der Waals surface area contributed by atoms with Crippen LogP contribution < -0.4 is 72.0 Å². The van der Waals surface area contributed by atoms with E-state index in [4.69, 9.17) is 40.1 Å². The second-order valence-electron chi connectivity index (χ2n) is 20.9. The van der Waals surface area contributed by atoms with Crippen LogP contribution in [0.1, 0.15) is 110 Å². The Balaban J connectivity index is 1.80. The van der Waals surface area contributed by atoms with Crippen LogP contribution in [0.5, 0.6) is 5.75 Å². The Labute approximate surface area is 466 Å². The summed E-state index contributed by atoms with van der Waals surface area (Å²) in [5, 5.41) is 35.4. The summed E-state index contributed by atoms with van der Waals surface area (Å²) in [5.74, 6) is -7.40. The van der Waals surface area contributed by atoms with Gasteiger partial charge in [-0.2, -0.15) is 0 Å². The van der Waals surface area contributed by atoms with E-state index in [1.165, 1.54) is 21.9 Å². The lowest BCUT2D eigenvalue weighted by Gasteiger charge is -2.32. The molecule has 29 nitrogen and oxygen atoms in total. The molecule has 0 bridgehead atoms. The molecule has 8 atom stereocenters. The van der Waals surface area contributed by atoms with Crippen LogP contribution in [0.3, 0.4) is 0 Å². The molecular formula is C51H86N18O11. The zero-order valence-corrected chi connectivity index (χ0v) is 46.4. The first-order valence-corrected chi connectivity index (χ1v) is 27.1. The van der Waals surface area contributed by atoms with Crippen molar-refractivity contribution in [3.05, 3.63) is 29.8 Å². The Hall–Kier alpha value is -7.98. The van der Waals surface area contributed by atoms with Crippen LogP contribution in [-0.2, 0) is 49.6 Å². The van der Waals surface area contributed by atoms with Gasteiger partial charge in [-0.05, 0) is 113 Å². The lowest BCUT2D eigenvalue weighted by Crippen LogP contribution is -2.59. The zero-order valence-electron chi connectivity index (χ0n) is 46.4. The van der Waals surface area contributed by atoms with E-state index >= 15 is 0 Å². The van der Waals surface area contributed by atoms with E-state index in [9.17, 15) is 53.4 Å². The van der Waals surface area contributed by atoms with Gasteiger partial charge < -0.3 is 92.0 Å². The average molecular weight is 1130 g/mol. The fraction of sp³-hybridized carbons (Fsp3) is 0.647. The molecular weight excluding hydrogens is 1040 g/mol. The van der Waals surface area contributed by atoms with Gasteiger partial charge in [0.05, 0.1) is 12.6 Å². The molecule has 0 aromatic heterocycles. The predicted octanol–water partition coefficient (Wildman–Crippen LogP) is -3.88. The van der Waals surface area contributed by atoms with Crippen molar-refractivity contribution in [2.24, 2.45) is 66.9 Å². The summed E-state index contributed by atoms with van der Waals surface area (Å²) in [4.78, 5) is 138. The minimum absolute atomic E-state index is 0.0106. The van der Waals surface area contributed by atoms with Gasteiger partial charge >= 0.3 is 5.97 Å². The smallest absolute Gasteiger partial charge is 0.326 e. The van der Waals surface area contributed by atoms with Crippen LogP contribution in [0.15, 0.2) is 39.2 Å². The molecule has 22 N–H and O–H groups in total. The number of rotatable bonds is 33. The highest BCUT2D eigenvalue weighted by molar-refractivity contribution is 5.98. The maximum atomic E-state index is 14.5. The fourth-order valence-electron chi connectivity index (χ4n) is 9.27. The maximum absolute atomic E-state index is 14.5. The van der Waals surface area contributed by atoms with Gasteiger partial charge in [0, 0.05) is 32.7 Å². The summed E-state index contributed by atoms with van der Waals surface area (Å²) in [6.07, 6.45) is 2.30. The lowest BCUT2D eigenvalue weighted by molar-refractivity contribution is -0.144. The van der Waals surface area contributed by atoms with Crippen LogP contribution in [0.4, 0.5) is 0 Å². The van der Waals surface area contributed by atoms with Gasteiger partial charge in [0.15, 0.2) is 17.9 Å². The molecule has 0 aliphatic carbocycles. The van der Waals surface area contributed by atoms with E-state index < -0.39 is 108 Å². The molecule has 3 rings (SSSR count). The minimum atomic E-state index is -1.32. The summed E-state index contributed by atoms with van der Waals surface area (Å²) in [6.45, 7) is 7.41. The number of carboxylic acid groups (broad SMARTS) is 1. The third-order valence-electron chi connectivity index (χ3n) is 13.2. The Bertz CT molecular complexity index is 2360. The normalized spacial score (nSPS) is 17.1. The van der Waals surface area contributed by atoms with Crippen molar-refractivity contribution < 1.29 is 53.4 Å². The summed E-state index contributed by atoms with van der Waals surface area (Å²) >= 11 is 0. The van der Waals surface area contributed by atoms with E-state index in [0.29, 0.717) is 18.4 Å². The van der Waals surface area contributed by atoms with Crippen molar-refractivity contribution in [1.29, 1.82) is 0 Å². The van der Waals surface area contributed by atoms with Crippen molar-refractivity contribution in [2.75, 3.05) is 39.3 Å². The molecule has 446 valence electrons. The molecule has 1 aromatic carbocycles. The van der Waals surface area contributed by atoms with Crippen LogP contribution in [0.2, 0.25) is 0 Å². The number of phenols is 1. The molecule has 2 saturated heterocycles. The summed E-state index contributed by atoms with van der Waals surface area (Å²) in [7, 11) is 0. The average Bonchev–Trinajstić information content (AvgIpc) is 4.09. The number of hydrogen-bond donors (Lipinski definition) is 15. The third-order valence-corrected chi connectivity index (χ3v) is 13.2. The fourth-order valence-corrected chi connectivity index (χ4v) is 9.27. The van der Waals surface area contributed by atoms with Gasteiger partial charge in [-0.3, -0.25) is 53.3 Å². The number of amides is 8. The molecule has 0 radical (unpaired) electrons. The van der Waals surface area contributed by atoms with E-state index in [2.05, 4.69) is 46.9 Å². The molecule has 1 aromatic rings. The van der Waals surface area contributed by atoms with Crippen molar-refractivity contribution in [3.8, 4) is 5.75 Å². The van der Waals surface area contributed by atoms with Crippen molar-refractivity contribution in [2.45, 2.75) is 160 Å². The highest BCUT2D eigenvalue weighted by atomic mass is 16.4. The number of benzene rings is 1. The van der Waals surface area contributed by atoms with Gasteiger partial charge in [-0.1, -0.05) is 39.8 Å². The molecule has 80 heavy (non-hydrogen) atoms. The predicted molar refractivity (Wildman–Crippen MR) is 298 cm³/mol. The molecule has 2 aliphatic heterocycles. The second-order valence-corrected chi connectivity index (χ2v) is 20.9. The number of nitrogens with two attached hydrogens (primary N) is 7. The first kappa shape index (κ1) is 66.3. The number of nitrogens with one attached hydrogen (secondary N) is 6. The standard InChI is InChI=1S/C51H86N18O11/c1-28(2)24-36(66-41(72)32(52)26-30-15-17-31(70)18-16-30)44(75)67-37(25-29(3)4)47(78)69-23-9-14-39(69)46(77)64-34(11-6-20-60-50(55)56)43(74)63-33(10-5-19-59-49(53)54)42(73)62-27-40(71)68-22-8-13-38(68)45(76)65-35(48(79)80)12-7-21-61-51(57)58/h15-18,28-29,32-39,70H,5-14,19-27,52H2,1-4H3,(H,62,73)(H,63,74)(H,64,77)(H,65,76)(H,66,72)(H,67,75)(H,79,80)(H4,53,54,59)(H4,55,56,60)(H4,57,58,61)/t32-,33-,34-,35-,36-,37-,38-,39-/m0/s1. The monoisotopic (exact) mass is 1130 g/mol. The molecule has 2 heterocycles. The lowest BCUT2D eigenvalue weighted by atomic mass is 9.99. The number of carboxylic acids is 1. The molecule has 0 unspecified atom stereocenters. The summed E-state index contributed by atoms with van der Waals surface area (Å²) < 4.78 is 0. The second kappa shape index (κ2) is 33.5. The highest BCUT2D eigenvalue weighted by Gasteiger charge is 2.41. The summed E-state index contributed by atoms with van der Waals surface area (Å²) in [6, 6.07) is -3.05. The number of guanidine groups is 3. The molecule has 2 fully saturated rings. The van der Waals surface area contributed by atoms with Gasteiger partial charge in [-0.25, -0.2) is 4.79 Å². The number of aliphatic imine (C=N–C) groups is 3. The van der Waals surface area contributed by atoms with Gasteiger partial charge in [-0.15, -0.1) is 0 Å². The SMILES string of the molecule is CC(C)C[C@H](NC(=O)[C@@H](N)Cc1ccc(O)cc1)C(=O)N[C@@H](CC(C)C)C(=O)N1CCC[C@H]1C(=O)N[C@@H](CCCN=C(N)N)C(=O)N[C@@H](CCCN=C(N)N)C(=O)NCC(=O)N1CCC[C@H]1C(=O)N[C@@H](CCCN=C(N)N)C(=O)O. The number of carbonyl (C=O) groups is 9. The van der Waals surface area contributed by atoms with E-state index in [0.717, 1.165) is 0 Å². The quantitative estimate of drug-likeness (QED) is 0.0182. The van der Waals surface area contributed by atoms with E-state index in [-0.39, 0.29) is 139 Å². The highest BCUT2D eigenvalue weighted by Crippen LogP contribution is 2.22. The third kappa shape index (κ3) is 23.2. The van der Waals surface area contributed by atoms with Crippen LogP contribution in [0, 0.1) is 11.8 Å². The number of aliphatic carboxylic acids is 1. The van der Waals surface area contributed by atoms with Gasteiger partial charge in [0.25, 0.3) is 0 Å². The first-order valence-electron chi connectivity index (χ1n) is 27.1. The Morgan fingerprint density at radius 2 is 1.00 bits per heavy atom. The number of likely N-dealkylation sites (tertiary alicyclic amines) is 2. The Morgan fingerprint density at radius 1 is 0.575 bits per heavy atom. The summed E-state index contributed by atoms with van der Waals surface area (Å²) in [5.41, 5.74) is 39.7. The topological polar surface area (TPSA) is 492 Å². The maximum Gasteiger partial charge on any atom is 0.326 e. The Morgan fingerprint density at radius 3 is 1.50 bits per heavy atom. The zero-order chi connectivity index (χ0) is 59.6. The van der Waals surface area contributed by atoms with Crippen molar-refractivity contribution >= 4 is 71.1 Å². The number of phenolic OH excluding ortho intramolecular Hbond substituents is 1. The number of hydrogen-bond acceptors (Lipinski definition) is 14. The largest absolute Gasteiger partial charge is 0.508 e. The molecule has 29 heteroatoms. The van der Waals surface area contributed by atoms with Crippen LogP contribution in [-0.4, -0.2) is 179 Å². The molecule has 0 saturated carbocycles. The molecule has 8 amide bonds. The van der Waals surface area contributed by atoms with Crippen molar-refractivity contribution in [3.63, 3.8) is 0 Å². The Kier molecular flexibility index (Phi) is 27.7. The molecule has 0 spiro atoms. The number of nitrogens with zero attached hydrogens (tertiary/aromatic N) is 5. The first-order chi connectivity index (χ1) is 37.8. The van der Waals surface area contributed by atoms with Gasteiger partial charge in [0.1, 0.15) is 48.0 Å². The number of aromatic hydroxyl groups is 1. The van der Waals surface area contributed by atoms with Crippen molar-refractivity contribution in [1.82, 2.24) is 41.7 Å². The number of carbonyl (C=O) groups excluding carboxylic acids is 8. The van der Waals surface area contributed by atoms with E-state index in [1.54, 1.807) is 12.1 Å².